The Morgan fingerprint density at radius 1 is 1.38 bits per heavy atom. The van der Waals surface area contributed by atoms with E-state index in [0.717, 1.165) is 19.4 Å². The molecule has 0 saturated heterocycles. The maximum absolute atomic E-state index is 5.96. The normalized spacial score (nSPS) is 18.2. The number of hydrogen-bond acceptors (Lipinski definition) is 3. The van der Waals surface area contributed by atoms with Gasteiger partial charge in [0.05, 0.1) is 18.2 Å². The Kier molecular flexibility index (Phi) is 6.29. The van der Waals surface area contributed by atoms with Gasteiger partial charge in [0, 0.05) is 13.7 Å². The fraction of sp³-hybridized carbons (Fsp3) is 1.00. The quantitative estimate of drug-likeness (QED) is 0.618. The van der Waals surface area contributed by atoms with Crippen LogP contribution in [0.15, 0.2) is 0 Å². The van der Waals surface area contributed by atoms with Crippen molar-refractivity contribution in [1.29, 1.82) is 0 Å². The molecule has 0 aliphatic heterocycles. The first-order chi connectivity index (χ1) is 6.10. The van der Waals surface area contributed by atoms with Crippen molar-refractivity contribution < 1.29 is 9.47 Å². The van der Waals surface area contributed by atoms with Crippen LogP contribution < -0.4 is 5.73 Å². The van der Waals surface area contributed by atoms with E-state index in [-0.39, 0.29) is 11.6 Å². The third kappa shape index (κ3) is 4.07. The molecular formula is C10H23NO2. The van der Waals surface area contributed by atoms with Crippen LogP contribution in [-0.2, 0) is 9.47 Å². The van der Waals surface area contributed by atoms with Crippen molar-refractivity contribution >= 4 is 0 Å². The van der Waals surface area contributed by atoms with Gasteiger partial charge in [-0.15, -0.1) is 0 Å². The Bertz CT molecular complexity index is 124. The molecule has 0 aromatic rings. The molecule has 3 nitrogen and oxygen atoms in total. The second-order valence-electron chi connectivity index (χ2n) is 3.55. The van der Waals surface area contributed by atoms with Crippen LogP contribution in [0.3, 0.4) is 0 Å². The van der Waals surface area contributed by atoms with Crippen LogP contribution in [0.1, 0.15) is 33.6 Å². The van der Waals surface area contributed by atoms with E-state index in [0.29, 0.717) is 6.61 Å². The maximum atomic E-state index is 5.96. The molecule has 0 rings (SSSR count). The number of methoxy groups -OCH3 is 1. The minimum atomic E-state index is -0.256. The van der Waals surface area contributed by atoms with Gasteiger partial charge >= 0.3 is 0 Å². The van der Waals surface area contributed by atoms with E-state index < -0.39 is 0 Å². The summed E-state index contributed by atoms with van der Waals surface area (Å²) in [6.07, 6.45) is 1.93. The van der Waals surface area contributed by atoms with E-state index >= 15 is 0 Å². The molecule has 0 amide bonds. The van der Waals surface area contributed by atoms with E-state index in [1.54, 1.807) is 7.11 Å². The Hall–Kier alpha value is -0.120. The lowest BCUT2D eigenvalue weighted by Crippen LogP contribution is -2.49. The average molecular weight is 189 g/mol. The van der Waals surface area contributed by atoms with Gasteiger partial charge in [-0.25, -0.2) is 0 Å². The summed E-state index contributed by atoms with van der Waals surface area (Å²) in [6.45, 7) is 7.53. The molecule has 2 N–H and O–H groups in total. The van der Waals surface area contributed by atoms with Crippen LogP contribution in [0.5, 0.6) is 0 Å². The van der Waals surface area contributed by atoms with Crippen LogP contribution >= 0.6 is 0 Å². The molecular weight excluding hydrogens is 166 g/mol. The summed E-state index contributed by atoms with van der Waals surface area (Å²) in [5.74, 6) is 0. The van der Waals surface area contributed by atoms with Crippen molar-refractivity contribution in [3.05, 3.63) is 0 Å². The van der Waals surface area contributed by atoms with Crippen molar-refractivity contribution in [3.8, 4) is 0 Å². The molecule has 0 saturated carbocycles. The third-order valence-electron chi connectivity index (χ3n) is 2.60. The molecule has 0 bridgehead atoms. The monoisotopic (exact) mass is 189 g/mol. The standard InChI is InChI=1S/C10H23NO2/c1-5-7-13-8-9(11)10(3,6-2)12-4/h9H,5-8,11H2,1-4H3. The largest absolute Gasteiger partial charge is 0.380 e. The van der Waals surface area contributed by atoms with E-state index in [1.807, 2.05) is 6.92 Å². The van der Waals surface area contributed by atoms with Gasteiger partial charge in [0.25, 0.3) is 0 Å². The molecule has 0 fully saturated rings. The van der Waals surface area contributed by atoms with Crippen LogP contribution in [0.4, 0.5) is 0 Å². The predicted octanol–water partition coefficient (Wildman–Crippen LogP) is 1.56. The molecule has 0 aromatic heterocycles. The zero-order valence-corrected chi connectivity index (χ0v) is 9.30. The molecule has 0 radical (unpaired) electrons. The molecule has 0 aliphatic rings. The molecule has 3 heteroatoms. The summed E-state index contributed by atoms with van der Waals surface area (Å²) in [6, 6.07) is -0.0472. The van der Waals surface area contributed by atoms with Crippen molar-refractivity contribution in [1.82, 2.24) is 0 Å². The highest BCUT2D eigenvalue weighted by atomic mass is 16.5. The first kappa shape index (κ1) is 12.9. The Balaban J connectivity index is 3.84. The summed E-state index contributed by atoms with van der Waals surface area (Å²) in [5.41, 5.74) is 5.71. The van der Waals surface area contributed by atoms with Crippen LogP contribution in [0, 0.1) is 0 Å². The molecule has 0 heterocycles. The van der Waals surface area contributed by atoms with Crippen molar-refractivity contribution in [2.24, 2.45) is 5.73 Å². The van der Waals surface area contributed by atoms with E-state index in [2.05, 4.69) is 13.8 Å². The highest BCUT2D eigenvalue weighted by Crippen LogP contribution is 2.17. The van der Waals surface area contributed by atoms with Crippen molar-refractivity contribution in [3.63, 3.8) is 0 Å². The number of hydrogen-bond donors (Lipinski definition) is 1. The van der Waals surface area contributed by atoms with E-state index in [4.69, 9.17) is 15.2 Å². The Morgan fingerprint density at radius 3 is 2.38 bits per heavy atom. The molecule has 13 heavy (non-hydrogen) atoms. The first-order valence-electron chi connectivity index (χ1n) is 4.99. The van der Waals surface area contributed by atoms with E-state index in [1.165, 1.54) is 0 Å². The summed E-state index contributed by atoms with van der Waals surface area (Å²) in [4.78, 5) is 0. The number of nitrogens with two attached hydrogens (primary N) is 1. The second kappa shape index (κ2) is 6.35. The molecule has 0 aliphatic carbocycles. The highest BCUT2D eigenvalue weighted by Gasteiger charge is 2.29. The molecule has 2 unspecified atom stereocenters. The predicted molar refractivity (Wildman–Crippen MR) is 54.8 cm³/mol. The van der Waals surface area contributed by atoms with Crippen molar-refractivity contribution in [2.45, 2.75) is 45.3 Å². The summed E-state index contributed by atoms with van der Waals surface area (Å²) in [5, 5.41) is 0. The van der Waals surface area contributed by atoms with E-state index in [9.17, 15) is 0 Å². The third-order valence-corrected chi connectivity index (χ3v) is 2.60. The first-order valence-corrected chi connectivity index (χ1v) is 4.99. The number of rotatable bonds is 7. The molecule has 0 aromatic carbocycles. The molecule has 0 spiro atoms. The average Bonchev–Trinajstić information content (AvgIpc) is 2.17. The molecule has 80 valence electrons. The van der Waals surface area contributed by atoms with Gasteiger partial charge in [-0.2, -0.15) is 0 Å². The zero-order chi connectivity index (χ0) is 10.3. The fourth-order valence-electron chi connectivity index (χ4n) is 1.09. The minimum Gasteiger partial charge on any atom is -0.380 e. The lowest BCUT2D eigenvalue weighted by Gasteiger charge is -2.32. The second-order valence-corrected chi connectivity index (χ2v) is 3.55. The van der Waals surface area contributed by atoms with Crippen LogP contribution in [0.2, 0.25) is 0 Å². The summed E-state index contributed by atoms with van der Waals surface area (Å²) >= 11 is 0. The van der Waals surface area contributed by atoms with Gasteiger partial charge in [0.1, 0.15) is 0 Å². The number of ether oxygens (including phenoxy) is 2. The van der Waals surface area contributed by atoms with Crippen molar-refractivity contribution in [2.75, 3.05) is 20.3 Å². The lowest BCUT2D eigenvalue weighted by molar-refractivity contribution is -0.0426. The minimum absolute atomic E-state index is 0.0472. The Labute approximate surface area is 81.6 Å². The molecule has 2 atom stereocenters. The fourth-order valence-corrected chi connectivity index (χ4v) is 1.09. The van der Waals surface area contributed by atoms with Gasteiger partial charge in [0.15, 0.2) is 0 Å². The zero-order valence-electron chi connectivity index (χ0n) is 9.30. The SMILES string of the molecule is CCCOCC(N)C(C)(CC)OC. The summed E-state index contributed by atoms with van der Waals surface area (Å²) < 4.78 is 10.8. The van der Waals surface area contributed by atoms with Gasteiger partial charge in [-0.3, -0.25) is 0 Å². The van der Waals surface area contributed by atoms with Gasteiger partial charge in [-0.1, -0.05) is 13.8 Å². The van der Waals surface area contributed by atoms with Gasteiger partial charge < -0.3 is 15.2 Å². The summed E-state index contributed by atoms with van der Waals surface area (Å²) in [7, 11) is 1.70. The smallest absolute Gasteiger partial charge is 0.0820 e. The lowest BCUT2D eigenvalue weighted by atomic mass is 9.94. The van der Waals surface area contributed by atoms with Gasteiger partial charge in [0.2, 0.25) is 0 Å². The van der Waals surface area contributed by atoms with Gasteiger partial charge in [-0.05, 0) is 19.8 Å². The van der Waals surface area contributed by atoms with Crippen LogP contribution in [-0.4, -0.2) is 32.0 Å². The highest BCUT2D eigenvalue weighted by molar-refractivity contribution is 4.85. The Morgan fingerprint density at radius 2 is 2.00 bits per heavy atom. The maximum Gasteiger partial charge on any atom is 0.0820 e. The topological polar surface area (TPSA) is 44.5 Å². The van der Waals surface area contributed by atoms with Crippen LogP contribution in [0.25, 0.3) is 0 Å².